The minimum absolute atomic E-state index is 0.394. The summed E-state index contributed by atoms with van der Waals surface area (Å²) in [5.74, 6) is 1.04. The lowest BCUT2D eigenvalue weighted by atomic mass is 9.97. The summed E-state index contributed by atoms with van der Waals surface area (Å²) in [7, 11) is 1.84. The van der Waals surface area contributed by atoms with Gasteiger partial charge >= 0.3 is 0 Å². The number of nitriles is 1. The van der Waals surface area contributed by atoms with Crippen molar-refractivity contribution in [2.75, 3.05) is 12.8 Å². The molecule has 0 aliphatic carbocycles. The molecule has 0 heterocycles. The summed E-state index contributed by atoms with van der Waals surface area (Å²) in [5.41, 5.74) is -0.394. The Morgan fingerprint density at radius 1 is 1.39 bits per heavy atom. The van der Waals surface area contributed by atoms with Crippen LogP contribution in [0.3, 0.4) is 0 Å². The van der Waals surface area contributed by atoms with E-state index in [-0.39, 0.29) is 0 Å². The first-order valence-corrected chi connectivity index (χ1v) is 7.45. The molecular weight excluding hydrogens is 264 g/mol. The van der Waals surface area contributed by atoms with Crippen LogP contribution in [0.25, 0.3) is 0 Å². The first kappa shape index (κ1) is 15.4. The van der Waals surface area contributed by atoms with Crippen LogP contribution in [0.2, 0.25) is 5.02 Å². The van der Waals surface area contributed by atoms with E-state index in [0.29, 0.717) is 0 Å². The normalized spacial score (nSPS) is 13.9. The summed E-state index contributed by atoms with van der Waals surface area (Å²) in [6, 6.07) is 10.2. The first-order chi connectivity index (χ1) is 8.61. The molecule has 1 N–H and O–H groups in total. The Morgan fingerprint density at radius 3 is 2.72 bits per heavy atom. The van der Waals surface area contributed by atoms with Crippen LogP contribution in [0.1, 0.15) is 26.2 Å². The number of thioether (sulfide) groups is 1. The molecule has 4 heteroatoms. The number of hydrogen-bond acceptors (Lipinski definition) is 3. The fourth-order valence-electron chi connectivity index (χ4n) is 1.56. The van der Waals surface area contributed by atoms with E-state index in [1.165, 1.54) is 0 Å². The van der Waals surface area contributed by atoms with Gasteiger partial charge in [-0.15, -0.1) is 11.8 Å². The van der Waals surface area contributed by atoms with Gasteiger partial charge in [0.1, 0.15) is 5.54 Å². The van der Waals surface area contributed by atoms with Crippen LogP contribution in [0.4, 0.5) is 0 Å². The zero-order valence-electron chi connectivity index (χ0n) is 10.9. The lowest BCUT2D eigenvalue weighted by Crippen LogP contribution is -2.37. The highest BCUT2D eigenvalue weighted by molar-refractivity contribution is 7.99. The molecule has 1 atom stereocenters. The minimum atomic E-state index is -0.394. The minimum Gasteiger partial charge on any atom is -0.303 e. The van der Waals surface area contributed by atoms with E-state index in [2.05, 4.69) is 11.4 Å². The van der Waals surface area contributed by atoms with Crippen molar-refractivity contribution in [3.8, 4) is 6.07 Å². The Hall–Kier alpha value is -0.690. The van der Waals surface area contributed by atoms with Gasteiger partial charge in [-0.05, 0) is 51.1 Å². The maximum atomic E-state index is 9.02. The standard InChI is InChI=1S/C14H19ClN2S/c1-14(11-16,17-2)9-5-6-10-18-13-8-4-3-7-12(13)15/h3-4,7-8,17H,5-6,9-10H2,1-2H3. The highest BCUT2D eigenvalue weighted by Crippen LogP contribution is 2.27. The van der Waals surface area contributed by atoms with Crippen molar-refractivity contribution >= 4 is 23.4 Å². The number of hydrogen-bond donors (Lipinski definition) is 1. The summed E-state index contributed by atoms with van der Waals surface area (Å²) in [6.07, 6.45) is 3.01. The Bertz CT molecular complexity index is 417. The molecule has 1 rings (SSSR count). The summed E-state index contributed by atoms with van der Waals surface area (Å²) >= 11 is 7.86. The second-order valence-electron chi connectivity index (χ2n) is 4.43. The van der Waals surface area contributed by atoms with Gasteiger partial charge in [-0.2, -0.15) is 5.26 Å². The Labute approximate surface area is 119 Å². The molecule has 1 unspecified atom stereocenters. The van der Waals surface area contributed by atoms with Gasteiger partial charge in [-0.25, -0.2) is 0 Å². The molecule has 0 aliphatic heterocycles. The number of unbranched alkanes of at least 4 members (excludes halogenated alkanes) is 1. The number of halogens is 1. The van der Waals surface area contributed by atoms with Gasteiger partial charge in [-0.1, -0.05) is 23.7 Å². The average molecular weight is 283 g/mol. The average Bonchev–Trinajstić information content (AvgIpc) is 2.40. The number of nitrogens with zero attached hydrogens (tertiary/aromatic N) is 1. The molecule has 0 fully saturated rings. The third-order valence-corrected chi connectivity index (χ3v) is 4.57. The van der Waals surface area contributed by atoms with E-state index in [1.807, 2.05) is 38.2 Å². The van der Waals surface area contributed by atoms with Crippen molar-refractivity contribution in [2.24, 2.45) is 0 Å². The topological polar surface area (TPSA) is 35.8 Å². The van der Waals surface area contributed by atoms with Crippen LogP contribution in [0.15, 0.2) is 29.2 Å². The van der Waals surface area contributed by atoms with Crippen molar-refractivity contribution in [3.05, 3.63) is 29.3 Å². The fraction of sp³-hybridized carbons (Fsp3) is 0.500. The van der Waals surface area contributed by atoms with E-state index >= 15 is 0 Å². The molecule has 0 saturated heterocycles. The largest absolute Gasteiger partial charge is 0.303 e. The van der Waals surface area contributed by atoms with Gasteiger partial charge in [0.2, 0.25) is 0 Å². The molecule has 98 valence electrons. The molecule has 0 spiro atoms. The van der Waals surface area contributed by atoms with E-state index in [9.17, 15) is 0 Å². The molecule has 1 aromatic rings. The molecule has 0 radical (unpaired) electrons. The SMILES string of the molecule is CNC(C)(C#N)CCCCSc1ccccc1Cl. The Morgan fingerprint density at radius 2 is 2.11 bits per heavy atom. The van der Waals surface area contributed by atoms with Crippen molar-refractivity contribution < 1.29 is 0 Å². The molecule has 0 amide bonds. The zero-order valence-corrected chi connectivity index (χ0v) is 12.4. The number of benzene rings is 1. The van der Waals surface area contributed by atoms with Crippen LogP contribution in [-0.2, 0) is 0 Å². The number of rotatable bonds is 7. The summed E-state index contributed by atoms with van der Waals surface area (Å²) in [5, 5.41) is 12.9. The van der Waals surface area contributed by atoms with E-state index in [0.717, 1.165) is 34.9 Å². The molecule has 18 heavy (non-hydrogen) atoms. The van der Waals surface area contributed by atoms with Crippen molar-refractivity contribution in [1.29, 1.82) is 5.26 Å². The monoisotopic (exact) mass is 282 g/mol. The lowest BCUT2D eigenvalue weighted by molar-refractivity contribution is 0.439. The Balaban J connectivity index is 2.24. The first-order valence-electron chi connectivity index (χ1n) is 6.09. The van der Waals surface area contributed by atoms with Crippen LogP contribution in [0.5, 0.6) is 0 Å². The molecule has 0 aromatic heterocycles. The second-order valence-corrected chi connectivity index (χ2v) is 5.97. The summed E-state index contributed by atoms with van der Waals surface area (Å²) in [6.45, 7) is 1.94. The Kier molecular flexibility index (Phi) is 6.56. The molecule has 0 saturated carbocycles. The quantitative estimate of drug-likeness (QED) is 0.604. The van der Waals surface area contributed by atoms with Gasteiger partial charge in [0.05, 0.1) is 11.1 Å². The molecule has 0 bridgehead atoms. The third-order valence-electron chi connectivity index (χ3n) is 2.96. The van der Waals surface area contributed by atoms with Gasteiger partial charge in [0, 0.05) is 4.90 Å². The third kappa shape index (κ3) is 4.89. The summed E-state index contributed by atoms with van der Waals surface area (Å²) in [4.78, 5) is 1.14. The van der Waals surface area contributed by atoms with Crippen LogP contribution >= 0.6 is 23.4 Å². The van der Waals surface area contributed by atoms with Gasteiger partial charge in [0.15, 0.2) is 0 Å². The predicted molar refractivity (Wildman–Crippen MR) is 79.1 cm³/mol. The second kappa shape index (κ2) is 7.68. The maximum Gasteiger partial charge on any atom is 0.103 e. The van der Waals surface area contributed by atoms with Crippen molar-refractivity contribution in [1.82, 2.24) is 5.32 Å². The van der Waals surface area contributed by atoms with Gasteiger partial charge < -0.3 is 5.32 Å². The van der Waals surface area contributed by atoms with Crippen LogP contribution in [-0.4, -0.2) is 18.3 Å². The highest BCUT2D eigenvalue weighted by atomic mass is 35.5. The predicted octanol–water partition coefficient (Wildman–Crippen LogP) is 4.10. The lowest BCUT2D eigenvalue weighted by Gasteiger charge is -2.20. The van der Waals surface area contributed by atoms with E-state index < -0.39 is 5.54 Å². The molecule has 2 nitrogen and oxygen atoms in total. The van der Waals surface area contributed by atoms with Gasteiger partial charge in [0.25, 0.3) is 0 Å². The highest BCUT2D eigenvalue weighted by Gasteiger charge is 2.19. The molecule has 0 aliphatic rings. The molecular formula is C14H19ClN2S. The van der Waals surface area contributed by atoms with E-state index in [4.69, 9.17) is 16.9 Å². The van der Waals surface area contributed by atoms with Crippen LogP contribution < -0.4 is 5.32 Å². The molecule has 1 aromatic carbocycles. The summed E-state index contributed by atoms with van der Waals surface area (Å²) < 4.78 is 0. The maximum absolute atomic E-state index is 9.02. The van der Waals surface area contributed by atoms with Gasteiger partial charge in [-0.3, -0.25) is 0 Å². The number of nitrogens with one attached hydrogen (secondary N) is 1. The zero-order chi connectivity index (χ0) is 13.4. The van der Waals surface area contributed by atoms with Crippen molar-refractivity contribution in [3.63, 3.8) is 0 Å². The van der Waals surface area contributed by atoms with Crippen molar-refractivity contribution in [2.45, 2.75) is 36.6 Å². The smallest absolute Gasteiger partial charge is 0.103 e. The fourth-order valence-corrected chi connectivity index (χ4v) is 2.81. The van der Waals surface area contributed by atoms with E-state index in [1.54, 1.807) is 11.8 Å². The van der Waals surface area contributed by atoms with Crippen LogP contribution in [0, 0.1) is 11.3 Å².